The zero-order chi connectivity index (χ0) is 15.7. The first-order chi connectivity index (χ1) is 10.0. The van der Waals surface area contributed by atoms with E-state index in [1.807, 2.05) is 7.05 Å². The molecule has 0 aliphatic rings. The molecule has 0 aliphatic heterocycles. The third-order valence-electron chi connectivity index (χ3n) is 2.90. The van der Waals surface area contributed by atoms with E-state index in [4.69, 9.17) is 16.3 Å². The van der Waals surface area contributed by atoms with Crippen molar-refractivity contribution >= 4 is 11.6 Å². The van der Waals surface area contributed by atoms with Crippen LogP contribution in [0.15, 0.2) is 18.2 Å². The molecule has 0 aromatic heterocycles. The van der Waals surface area contributed by atoms with Gasteiger partial charge < -0.3 is 19.7 Å². The molecule has 0 radical (unpaired) electrons. The summed E-state index contributed by atoms with van der Waals surface area (Å²) in [6.07, 6.45) is 0. The lowest BCUT2D eigenvalue weighted by Crippen LogP contribution is -2.31. The van der Waals surface area contributed by atoms with Crippen molar-refractivity contribution < 1.29 is 18.3 Å². The molecule has 7 heteroatoms. The summed E-state index contributed by atoms with van der Waals surface area (Å²) in [5.74, 6) is 0.148. The Morgan fingerprint density at radius 1 is 1.33 bits per heavy atom. The number of alkyl halides is 2. The van der Waals surface area contributed by atoms with Crippen LogP contribution in [-0.4, -0.2) is 51.9 Å². The van der Waals surface area contributed by atoms with Gasteiger partial charge in [0.1, 0.15) is 5.75 Å². The van der Waals surface area contributed by atoms with Crippen LogP contribution in [0.1, 0.15) is 5.56 Å². The minimum atomic E-state index is -2.84. The SMILES string of the molecule is COCCN(C)CCNCc1cc(Cl)ccc1OC(F)F. The van der Waals surface area contributed by atoms with E-state index in [0.29, 0.717) is 23.7 Å². The zero-order valence-corrected chi connectivity index (χ0v) is 13.0. The summed E-state index contributed by atoms with van der Waals surface area (Å²) in [5.41, 5.74) is 0.613. The van der Waals surface area contributed by atoms with Crippen LogP contribution in [0.3, 0.4) is 0 Å². The van der Waals surface area contributed by atoms with E-state index >= 15 is 0 Å². The minimum absolute atomic E-state index is 0.148. The predicted octanol–water partition coefficient (Wildman–Crippen LogP) is 2.61. The Morgan fingerprint density at radius 3 is 2.76 bits per heavy atom. The van der Waals surface area contributed by atoms with Gasteiger partial charge in [-0.15, -0.1) is 0 Å². The van der Waals surface area contributed by atoms with Crippen molar-refractivity contribution in [1.29, 1.82) is 0 Å². The third kappa shape index (κ3) is 7.57. The highest BCUT2D eigenvalue weighted by Gasteiger charge is 2.10. The van der Waals surface area contributed by atoms with E-state index in [2.05, 4.69) is 15.0 Å². The van der Waals surface area contributed by atoms with Crippen LogP contribution >= 0.6 is 11.6 Å². The van der Waals surface area contributed by atoms with E-state index in [1.54, 1.807) is 13.2 Å². The van der Waals surface area contributed by atoms with Gasteiger partial charge in [-0.1, -0.05) is 11.6 Å². The second-order valence-electron chi connectivity index (χ2n) is 4.60. The highest BCUT2D eigenvalue weighted by atomic mass is 35.5. The number of likely N-dealkylation sites (N-methyl/N-ethyl adjacent to an activating group) is 1. The number of hydrogen-bond donors (Lipinski definition) is 1. The van der Waals surface area contributed by atoms with Gasteiger partial charge in [0, 0.05) is 43.9 Å². The molecule has 0 saturated carbocycles. The van der Waals surface area contributed by atoms with Gasteiger partial charge in [-0.3, -0.25) is 0 Å². The monoisotopic (exact) mass is 322 g/mol. The quantitative estimate of drug-likeness (QED) is 0.671. The topological polar surface area (TPSA) is 33.7 Å². The normalized spacial score (nSPS) is 11.4. The summed E-state index contributed by atoms with van der Waals surface area (Å²) in [5, 5.41) is 3.68. The van der Waals surface area contributed by atoms with E-state index in [1.165, 1.54) is 12.1 Å². The molecular formula is C14H21ClF2N2O2. The maximum atomic E-state index is 12.3. The number of benzene rings is 1. The Bertz CT molecular complexity index is 422. The number of rotatable bonds is 10. The van der Waals surface area contributed by atoms with Gasteiger partial charge in [0.25, 0.3) is 0 Å². The largest absolute Gasteiger partial charge is 0.434 e. The molecule has 0 bridgehead atoms. The third-order valence-corrected chi connectivity index (χ3v) is 3.14. The van der Waals surface area contributed by atoms with Crippen LogP contribution < -0.4 is 10.1 Å². The Morgan fingerprint density at radius 2 is 2.10 bits per heavy atom. The van der Waals surface area contributed by atoms with Crippen LogP contribution in [0.25, 0.3) is 0 Å². The maximum absolute atomic E-state index is 12.3. The lowest BCUT2D eigenvalue weighted by atomic mass is 10.2. The molecule has 0 atom stereocenters. The number of hydrogen-bond acceptors (Lipinski definition) is 4. The summed E-state index contributed by atoms with van der Waals surface area (Å²) in [7, 11) is 3.65. The van der Waals surface area contributed by atoms with Gasteiger partial charge in [0.2, 0.25) is 0 Å². The highest BCUT2D eigenvalue weighted by molar-refractivity contribution is 6.30. The number of ether oxygens (including phenoxy) is 2. The standard InChI is InChI=1S/C14H21ClF2N2O2/c1-19(7-8-20-2)6-5-18-10-11-9-12(15)3-4-13(11)21-14(16)17/h3-4,9,14,18H,5-8,10H2,1-2H3. The number of nitrogens with zero attached hydrogens (tertiary/aromatic N) is 1. The molecule has 1 N–H and O–H groups in total. The molecule has 1 aromatic carbocycles. The van der Waals surface area contributed by atoms with Crippen molar-refractivity contribution in [3.8, 4) is 5.75 Å². The van der Waals surface area contributed by atoms with Crippen LogP contribution in [0.2, 0.25) is 5.02 Å². The van der Waals surface area contributed by atoms with Gasteiger partial charge in [-0.25, -0.2) is 0 Å². The van der Waals surface area contributed by atoms with Crippen molar-refractivity contribution in [2.24, 2.45) is 0 Å². The van der Waals surface area contributed by atoms with Crippen molar-refractivity contribution in [3.05, 3.63) is 28.8 Å². The second-order valence-corrected chi connectivity index (χ2v) is 5.04. The summed E-state index contributed by atoms with van der Waals surface area (Å²) in [4.78, 5) is 2.12. The molecule has 1 rings (SSSR count). The molecule has 0 heterocycles. The van der Waals surface area contributed by atoms with Crippen LogP contribution in [-0.2, 0) is 11.3 Å². The first-order valence-corrected chi connectivity index (χ1v) is 7.02. The van der Waals surface area contributed by atoms with Gasteiger partial charge in [0.05, 0.1) is 6.61 Å². The van der Waals surface area contributed by atoms with Gasteiger partial charge in [-0.2, -0.15) is 8.78 Å². The van der Waals surface area contributed by atoms with Crippen LogP contribution in [0, 0.1) is 0 Å². The Hall–Kier alpha value is -0.950. The molecule has 0 fully saturated rings. The molecule has 0 unspecified atom stereocenters. The number of halogens is 3. The fraction of sp³-hybridized carbons (Fsp3) is 0.571. The number of nitrogens with one attached hydrogen (secondary N) is 1. The average Bonchev–Trinajstić information content (AvgIpc) is 2.43. The molecule has 0 amide bonds. The maximum Gasteiger partial charge on any atom is 0.387 e. The first kappa shape index (κ1) is 18.1. The van der Waals surface area contributed by atoms with E-state index in [9.17, 15) is 8.78 Å². The molecule has 0 spiro atoms. The van der Waals surface area contributed by atoms with E-state index in [-0.39, 0.29) is 5.75 Å². The smallest absolute Gasteiger partial charge is 0.387 e. The molecule has 4 nitrogen and oxygen atoms in total. The molecule has 21 heavy (non-hydrogen) atoms. The minimum Gasteiger partial charge on any atom is -0.434 e. The molecular weight excluding hydrogens is 302 g/mol. The van der Waals surface area contributed by atoms with Gasteiger partial charge in [0.15, 0.2) is 0 Å². The zero-order valence-electron chi connectivity index (χ0n) is 12.2. The van der Waals surface area contributed by atoms with E-state index in [0.717, 1.165) is 19.6 Å². The van der Waals surface area contributed by atoms with Crippen molar-refractivity contribution in [3.63, 3.8) is 0 Å². The van der Waals surface area contributed by atoms with Crippen LogP contribution in [0.5, 0.6) is 5.75 Å². The fourth-order valence-corrected chi connectivity index (χ4v) is 1.94. The summed E-state index contributed by atoms with van der Waals surface area (Å²) in [6.45, 7) is 0.646. The second kappa shape index (κ2) is 9.89. The Labute approximate surface area is 129 Å². The fourth-order valence-electron chi connectivity index (χ4n) is 1.75. The highest BCUT2D eigenvalue weighted by Crippen LogP contribution is 2.24. The molecule has 1 aromatic rings. The van der Waals surface area contributed by atoms with Crippen molar-refractivity contribution in [1.82, 2.24) is 10.2 Å². The van der Waals surface area contributed by atoms with Crippen molar-refractivity contribution in [2.75, 3.05) is 40.4 Å². The lowest BCUT2D eigenvalue weighted by molar-refractivity contribution is -0.0504. The Kier molecular flexibility index (Phi) is 8.52. The molecule has 120 valence electrons. The van der Waals surface area contributed by atoms with E-state index < -0.39 is 6.61 Å². The van der Waals surface area contributed by atoms with Crippen LogP contribution in [0.4, 0.5) is 8.78 Å². The summed E-state index contributed by atoms with van der Waals surface area (Å²) >= 11 is 5.88. The summed E-state index contributed by atoms with van der Waals surface area (Å²) < 4.78 is 34.1. The van der Waals surface area contributed by atoms with Gasteiger partial charge >= 0.3 is 6.61 Å². The average molecular weight is 323 g/mol. The lowest BCUT2D eigenvalue weighted by Gasteiger charge is -2.17. The molecule has 0 saturated heterocycles. The van der Waals surface area contributed by atoms with Gasteiger partial charge in [-0.05, 0) is 25.2 Å². The Balaban J connectivity index is 2.41. The summed E-state index contributed by atoms with van der Waals surface area (Å²) in [6, 6.07) is 4.61. The number of methoxy groups -OCH3 is 1. The first-order valence-electron chi connectivity index (χ1n) is 6.64. The van der Waals surface area contributed by atoms with Crippen molar-refractivity contribution in [2.45, 2.75) is 13.2 Å². The predicted molar refractivity (Wildman–Crippen MR) is 79.2 cm³/mol. The molecule has 0 aliphatic carbocycles.